The fourth-order valence-electron chi connectivity index (χ4n) is 2.37. The maximum absolute atomic E-state index is 12.3. The molecule has 6 heteroatoms. The highest BCUT2D eigenvalue weighted by atomic mass is 19.3. The van der Waals surface area contributed by atoms with Gasteiger partial charge >= 0.3 is 6.61 Å². The molecule has 0 spiro atoms. The highest BCUT2D eigenvalue weighted by Gasteiger charge is 2.18. The average Bonchev–Trinajstić information content (AvgIpc) is 2.56. The third-order valence-electron chi connectivity index (χ3n) is 3.56. The molecule has 2 N–H and O–H groups in total. The summed E-state index contributed by atoms with van der Waals surface area (Å²) in [6, 6.07) is 15.1. The Morgan fingerprint density at radius 2 is 1.71 bits per heavy atom. The average molecular weight is 334 g/mol. The molecule has 2 aromatic carbocycles. The number of carbonyl (C=O) groups excluding carboxylic acids is 1. The van der Waals surface area contributed by atoms with Crippen LogP contribution in [0.3, 0.4) is 0 Å². The van der Waals surface area contributed by atoms with Crippen LogP contribution >= 0.6 is 0 Å². The van der Waals surface area contributed by atoms with Crippen molar-refractivity contribution in [3.8, 4) is 5.75 Å². The summed E-state index contributed by atoms with van der Waals surface area (Å²) >= 11 is 0. The summed E-state index contributed by atoms with van der Waals surface area (Å²) in [6.07, 6.45) is 0.463. The van der Waals surface area contributed by atoms with Gasteiger partial charge in [0.2, 0.25) is 5.91 Å². The summed E-state index contributed by atoms with van der Waals surface area (Å²) in [5, 5.41) is 0. The Bertz CT molecular complexity index is 648. The molecule has 0 aliphatic rings. The van der Waals surface area contributed by atoms with Crippen LogP contribution in [-0.2, 0) is 17.8 Å². The molecular weight excluding hydrogens is 314 g/mol. The molecule has 24 heavy (non-hydrogen) atoms. The van der Waals surface area contributed by atoms with Crippen LogP contribution in [0.4, 0.5) is 8.78 Å². The molecule has 1 unspecified atom stereocenters. The largest absolute Gasteiger partial charge is 0.435 e. The Kier molecular flexibility index (Phi) is 6.26. The van der Waals surface area contributed by atoms with Crippen molar-refractivity contribution in [3.63, 3.8) is 0 Å². The van der Waals surface area contributed by atoms with Crippen molar-refractivity contribution in [1.29, 1.82) is 0 Å². The first-order valence-corrected chi connectivity index (χ1v) is 7.54. The molecule has 0 heterocycles. The molecule has 0 aromatic heterocycles. The lowest BCUT2D eigenvalue weighted by Gasteiger charge is -2.21. The van der Waals surface area contributed by atoms with Gasteiger partial charge in [0.05, 0.1) is 6.04 Å². The van der Waals surface area contributed by atoms with Crippen LogP contribution < -0.4 is 10.5 Å². The number of likely N-dealkylation sites (N-methyl/N-ethyl adjacent to an activating group) is 1. The molecule has 2 rings (SSSR count). The number of rotatable bonds is 7. The van der Waals surface area contributed by atoms with Crippen LogP contribution in [-0.4, -0.2) is 30.5 Å². The molecular formula is C18H20F2N2O2. The molecule has 0 aliphatic carbocycles. The number of ether oxygens (including phenoxy) is 1. The summed E-state index contributed by atoms with van der Waals surface area (Å²) in [4.78, 5) is 13.9. The minimum Gasteiger partial charge on any atom is -0.435 e. The molecule has 2 aromatic rings. The fraction of sp³-hybridized carbons (Fsp3) is 0.278. The summed E-state index contributed by atoms with van der Waals surface area (Å²) in [5.41, 5.74) is 7.79. The second-order valence-corrected chi connectivity index (χ2v) is 5.51. The molecule has 128 valence electrons. The van der Waals surface area contributed by atoms with Crippen LogP contribution in [0.2, 0.25) is 0 Å². The second kappa shape index (κ2) is 8.40. The maximum Gasteiger partial charge on any atom is 0.387 e. The topological polar surface area (TPSA) is 55.6 Å². The molecule has 1 atom stereocenters. The summed E-state index contributed by atoms with van der Waals surface area (Å²) in [6.45, 7) is -2.51. The molecule has 0 bridgehead atoms. The first-order valence-electron chi connectivity index (χ1n) is 7.54. The van der Waals surface area contributed by atoms with E-state index in [0.717, 1.165) is 11.1 Å². The first-order chi connectivity index (χ1) is 11.5. The molecule has 0 saturated carbocycles. The molecule has 0 fully saturated rings. The standard InChI is InChI=1S/C18H20F2N2O2/c1-22(12-14-7-9-15(10-8-14)24-18(19)20)17(23)16(21)11-13-5-3-2-4-6-13/h2-10,16,18H,11-12,21H2,1H3. The molecule has 1 amide bonds. The van der Waals surface area contributed by atoms with Crippen LogP contribution in [0.25, 0.3) is 0 Å². The van der Waals surface area contributed by atoms with Crippen molar-refractivity contribution in [2.45, 2.75) is 25.6 Å². The maximum atomic E-state index is 12.3. The smallest absolute Gasteiger partial charge is 0.387 e. The van der Waals surface area contributed by atoms with Gasteiger partial charge in [-0.3, -0.25) is 4.79 Å². The second-order valence-electron chi connectivity index (χ2n) is 5.51. The Labute approximate surface area is 139 Å². The van der Waals surface area contributed by atoms with E-state index < -0.39 is 12.7 Å². The Morgan fingerprint density at radius 1 is 1.08 bits per heavy atom. The van der Waals surface area contributed by atoms with Gasteiger partial charge in [-0.15, -0.1) is 0 Å². The number of hydrogen-bond donors (Lipinski definition) is 1. The highest BCUT2D eigenvalue weighted by molar-refractivity contribution is 5.81. The lowest BCUT2D eigenvalue weighted by molar-refractivity contribution is -0.131. The number of amides is 1. The van der Waals surface area contributed by atoms with Crippen molar-refractivity contribution in [1.82, 2.24) is 4.90 Å². The van der Waals surface area contributed by atoms with E-state index in [4.69, 9.17) is 5.73 Å². The Morgan fingerprint density at radius 3 is 2.29 bits per heavy atom. The number of halogens is 2. The van der Waals surface area contributed by atoms with Crippen molar-refractivity contribution in [2.75, 3.05) is 7.05 Å². The van der Waals surface area contributed by atoms with Gasteiger partial charge in [0.25, 0.3) is 0 Å². The number of hydrogen-bond acceptors (Lipinski definition) is 3. The summed E-state index contributed by atoms with van der Waals surface area (Å²) in [7, 11) is 1.66. The fourth-order valence-corrected chi connectivity index (χ4v) is 2.37. The van der Waals surface area contributed by atoms with Crippen LogP contribution in [0, 0.1) is 0 Å². The van der Waals surface area contributed by atoms with Gasteiger partial charge in [0.15, 0.2) is 0 Å². The van der Waals surface area contributed by atoms with Crippen LogP contribution in [0.5, 0.6) is 5.75 Å². The van der Waals surface area contributed by atoms with Crippen molar-refractivity contribution in [3.05, 3.63) is 65.7 Å². The van der Waals surface area contributed by atoms with Crippen molar-refractivity contribution in [2.24, 2.45) is 5.73 Å². The lowest BCUT2D eigenvalue weighted by atomic mass is 10.1. The quantitative estimate of drug-likeness (QED) is 0.847. The molecule has 0 saturated heterocycles. The van der Waals surface area contributed by atoms with Crippen molar-refractivity contribution < 1.29 is 18.3 Å². The molecule has 0 radical (unpaired) electrons. The summed E-state index contributed by atoms with van der Waals surface area (Å²) in [5.74, 6) is -0.0877. The van der Waals surface area contributed by atoms with Crippen molar-refractivity contribution >= 4 is 5.91 Å². The molecule has 4 nitrogen and oxygen atoms in total. The predicted octanol–water partition coefficient (Wildman–Crippen LogP) is 2.82. The zero-order valence-corrected chi connectivity index (χ0v) is 13.4. The Balaban J connectivity index is 1.90. The van der Waals surface area contributed by atoms with Gasteiger partial charge in [-0.1, -0.05) is 42.5 Å². The van der Waals surface area contributed by atoms with E-state index in [1.807, 2.05) is 30.3 Å². The van der Waals surface area contributed by atoms with E-state index in [2.05, 4.69) is 4.74 Å². The number of alkyl halides is 2. The van der Waals surface area contributed by atoms with E-state index in [1.165, 1.54) is 17.0 Å². The molecule has 0 aliphatic heterocycles. The van der Waals surface area contributed by atoms with Gasteiger partial charge in [-0.2, -0.15) is 8.78 Å². The monoisotopic (exact) mass is 334 g/mol. The van der Waals surface area contributed by atoms with Gasteiger partial charge < -0.3 is 15.4 Å². The van der Waals surface area contributed by atoms with Crippen LogP contribution in [0.1, 0.15) is 11.1 Å². The predicted molar refractivity (Wildman–Crippen MR) is 87.7 cm³/mol. The number of nitrogens with zero attached hydrogens (tertiary/aromatic N) is 1. The van der Waals surface area contributed by atoms with Gasteiger partial charge in [-0.05, 0) is 29.7 Å². The third kappa shape index (κ3) is 5.31. The van der Waals surface area contributed by atoms with Gasteiger partial charge in [-0.25, -0.2) is 0 Å². The summed E-state index contributed by atoms with van der Waals surface area (Å²) < 4.78 is 28.5. The number of benzene rings is 2. The van der Waals surface area contributed by atoms with E-state index in [0.29, 0.717) is 13.0 Å². The normalized spacial score (nSPS) is 12.0. The minimum atomic E-state index is -2.85. The zero-order valence-electron chi connectivity index (χ0n) is 13.4. The minimum absolute atomic E-state index is 0.0866. The zero-order chi connectivity index (χ0) is 17.5. The van der Waals surface area contributed by atoms with Crippen LogP contribution in [0.15, 0.2) is 54.6 Å². The van der Waals surface area contributed by atoms with Gasteiger partial charge in [0, 0.05) is 13.6 Å². The third-order valence-corrected chi connectivity index (χ3v) is 3.56. The highest BCUT2D eigenvalue weighted by Crippen LogP contribution is 2.16. The van der Waals surface area contributed by atoms with E-state index in [9.17, 15) is 13.6 Å². The lowest BCUT2D eigenvalue weighted by Crippen LogP contribution is -2.42. The number of nitrogens with two attached hydrogens (primary N) is 1. The van der Waals surface area contributed by atoms with Gasteiger partial charge in [0.1, 0.15) is 5.75 Å². The van der Waals surface area contributed by atoms with E-state index in [1.54, 1.807) is 19.2 Å². The number of carbonyl (C=O) groups is 1. The van der Waals surface area contributed by atoms with E-state index >= 15 is 0 Å². The SMILES string of the molecule is CN(Cc1ccc(OC(F)F)cc1)C(=O)C(N)Cc1ccccc1. The van der Waals surface area contributed by atoms with E-state index in [-0.39, 0.29) is 11.7 Å². The Hall–Kier alpha value is -2.47. The first kappa shape index (κ1) is 17.9.